The average Bonchev–Trinajstić information content (AvgIpc) is 2.38. The minimum atomic E-state index is 0.0473. The van der Waals surface area contributed by atoms with E-state index in [1.54, 1.807) is 0 Å². The molecule has 0 amide bonds. The molecule has 0 spiro atoms. The summed E-state index contributed by atoms with van der Waals surface area (Å²) in [5, 5.41) is 9.28. The number of benzene rings is 1. The lowest BCUT2D eigenvalue weighted by Crippen LogP contribution is -2.39. The molecule has 3 nitrogen and oxygen atoms in total. The molecule has 0 fully saturated rings. The molecule has 2 N–H and O–H groups in total. The molecule has 0 aromatic heterocycles. The van der Waals surface area contributed by atoms with Gasteiger partial charge in [0.2, 0.25) is 0 Å². The molecule has 1 aromatic carbocycles. The fourth-order valence-electron chi connectivity index (χ4n) is 2.13. The highest BCUT2D eigenvalue weighted by Gasteiger charge is 2.21. The maximum atomic E-state index is 9.28. The summed E-state index contributed by atoms with van der Waals surface area (Å²) in [7, 11) is 0. The molecule has 0 aliphatic rings. The van der Waals surface area contributed by atoms with Crippen LogP contribution in [0.1, 0.15) is 38.3 Å². The maximum Gasteiger partial charge on any atom is 0.101 e. The monoisotopic (exact) mass is 259 g/mol. The summed E-state index contributed by atoms with van der Waals surface area (Å²) in [5.41, 5.74) is 8.84. The highest BCUT2D eigenvalue weighted by Crippen LogP contribution is 2.26. The second-order valence-electron chi connectivity index (χ2n) is 5.92. The van der Waals surface area contributed by atoms with Crippen LogP contribution >= 0.6 is 0 Å². The Hall–Kier alpha value is -1.53. The Kier molecular flexibility index (Phi) is 5.38. The number of aryl methyl sites for hydroxylation is 1. The molecule has 0 aliphatic heterocycles. The molecule has 1 aromatic rings. The van der Waals surface area contributed by atoms with Crippen LogP contribution in [0.15, 0.2) is 18.2 Å². The molecule has 0 atom stereocenters. The molecule has 104 valence electrons. The van der Waals surface area contributed by atoms with Gasteiger partial charge in [0, 0.05) is 13.1 Å². The van der Waals surface area contributed by atoms with Crippen molar-refractivity contribution in [3.05, 3.63) is 29.3 Å². The van der Waals surface area contributed by atoms with Crippen LogP contribution in [0.3, 0.4) is 0 Å². The zero-order chi connectivity index (χ0) is 14.5. The van der Waals surface area contributed by atoms with E-state index < -0.39 is 0 Å². The van der Waals surface area contributed by atoms with Crippen LogP contribution in [0, 0.1) is 23.7 Å². The summed E-state index contributed by atoms with van der Waals surface area (Å²) in [6, 6.07) is 8.28. The van der Waals surface area contributed by atoms with E-state index in [1.807, 2.05) is 12.1 Å². The van der Waals surface area contributed by atoms with E-state index in [9.17, 15) is 5.26 Å². The molecular formula is C16H25N3. The Morgan fingerprint density at radius 3 is 2.58 bits per heavy atom. The van der Waals surface area contributed by atoms with E-state index in [0.717, 1.165) is 30.8 Å². The number of nitrogens with two attached hydrogens (primary N) is 1. The van der Waals surface area contributed by atoms with Gasteiger partial charge in [0.15, 0.2) is 0 Å². The van der Waals surface area contributed by atoms with Crippen molar-refractivity contribution in [2.24, 2.45) is 11.1 Å². The number of nitriles is 1. The minimum absolute atomic E-state index is 0.0473. The van der Waals surface area contributed by atoms with Gasteiger partial charge in [0.1, 0.15) is 6.07 Å². The van der Waals surface area contributed by atoms with E-state index in [4.69, 9.17) is 5.73 Å². The topological polar surface area (TPSA) is 53.0 Å². The summed E-state index contributed by atoms with van der Waals surface area (Å²) in [5.74, 6) is 0. The third kappa shape index (κ3) is 4.25. The Balaban J connectivity index is 3.12. The van der Waals surface area contributed by atoms with E-state index in [2.05, 4.69) is 44.7 Å². The number of nitrogens with zero attached hydrogens (tertiary/aromatic N) is 2. The second kappa shape index (κ2) is 6.58. The summed E-state index contributed by atoms with van der Waals surface area (Å²) in [4.78, 5) is 2.29. The van der Waals surface area contributed by atoms with Gasteiger partial charge in [-0.05, 0) is 43.0 Å². The Morgan fingerprint density at radius 2 is 2.05 bits per heavy atom. The predicted molar refractivity (Wildman–Crippen MR) is 81.2 cm³/mol. The molecular weight excluding hydrogens is 234 g/mol. The lowest BCUT2D eigenvalue weighted by atomic mass is 9.92. The molecule has 0 bridgehead atoms. The smallest absolute Gasteiger partial charge is 0.101 e. The van der Waals surface area contributed by atoms with Gasteiger partial charge in [-0.25, -0.2) is 0 Å². The second-order valence-corrected chi connectivity index (χ2v) is 5.92. The van der Waals surface area contributed by atoms with Crippen molar-refractivity contribution in [1.29, 1.82) is 5.26 Å². The van der Waals surface area contributed by atoms with E-state index >= 15 is 0 Å². The van der Waals surface area contributed by atoms with Crippen molar-refractivity contribution < 1.29 is 0 Å². The normalized spacial score (nSPS) is 11.2. The van der Waals surface area contributed by atoms with Gasteiger partial charge in [-0.15, -0.1) is 0 Å². The average molecular weight is 259 g/mol. The number of anilines is 1. The van der Waals surface area contributed by atoms with Crippen molar-refractivity contribution >= 4 is 5.69 Å². The highest BCUT2D eigenvalue weighted by molar-refractivity contribution is 5.60. The third-order valence-electron chi connectivity index (χ3n) is 3.28. The van der Waals surface area contributed by atoms with Crippen LogP contribution in [-0.4, -0.2) is 19.6 Å². The lowest BCUT2D eigenvalue weighted by molar-refractivity contribution is 0.377. The minimum Gasteiger partial charge on any atom is -0.370 e. The van der Waals surface area contributed by atoms with Crippen LogP contribution in [0.2, 0.25) is 0 Å². The molecule has 19 heavy (non-hydrogen) atoms. The number of rotatable bonds is 6. The van der Waals surface area contributed by atoms with Crippen LogP contribution in [0.4, 0.5) is 5.69 Å². The van der Waals surface area contributed by atoms with Crippen LogP contribution in [0.25, 0.3) is 0 Å². The maximum absolute atomic E-state index is 9.28. The van der Waals surface area contributed by atoms with Gasteiger partial charge in [0.25, 0.3) is 0 Å². The lowest BCUT2D eigenvalue weighted by Gasteiger charge is -2.34. The molecule has 0 heterocycles. The zero-order valence-electron chi connectivity index (χ0n) is 12.5. The van der Waals surface area contributed by atoms with E-state index in [-0.39, 0.29) is 5.41 Å². The SMILES string of the molecule is CCCN(CC(C)(C)CN)c1cc(C)ccc1C#N. The van der Waals surface area contributed by atoms with Crippen molar-refractivity contribution in [3.63, 3.8) is 0 Å². The number of hydrogen-bond donors (Lipinski definition) is 1. The molecule has 0 aliphatic carbocycles. The van der Waals surface area contributed by atoms with E-state index in [0.29, 0.717) is 6.54 Å². The standard InChI is InChI=1S/C16H25N3/c1-5-8-19(12-16(3,4)11-18)15-9-13(2)6-7-14(15)10-17/h6-7,9H,5,8,11-12,18H2,1-4H3. The van der Waals surface area contributed by atoms with Crippen molar-refractivity contribution in [2.45, 2.75) is 34.1 Å². The van der Waals surface area contributed by atoms with Crippen molar-refractivity contribution in [3.8, 4) is 6.07 Å². The van der Waals surface area contributed by atoms with Crippen LogP contribution < -0.4 is 10.6 Å². The Labute approximate surface area is 117 Å². The van der Waals surface area contributed by atoms with Crippen molar-refractivity contribution in [2.75, 3.05) is 24.5 Å². The molecule has 0 radical (unpaired) electrons. The summed E-state index contributed by atoms with van der Waals surface area (Å²) >= 11 is 0. The third-order valence-corrected chi connectivity index (χ3v) is 3.28. The van der Waals surface area contributed by atoms with Gasteiger partial charge >= 0.3 is 0 Å². The van der Waals surface area contributed by atoms with Gasteiger partial charge in [-0.1, -0.05) is 26.8 Å². The molecule has 1 rings (SSSR count). The van der Waals surface area contributed by atoms with Crippen molar-refractivity contribution in [1.82, 2.24) is 0 Å². The number of hydrogen-bond acceptors (Lipinski definition) is 3. The summed E-state index contributed by atoms with van der Waals surface area (Å²) in [6.07, 6.45) is 1.06. The van der Waals surface area contributed by atoms with Gasteiger partial charge in [0.05, 0.1) is 11.3 Å². The fourth-order valence-corrected chi connectivity index (χ4v) is 2.13. The van der Waals surface area contributed by atoms with E-state index in [1.165, 1.54) is 5.56 Å². The molecule has 3 heteroatoms. The Morgan fingerprint density at radius 1 is 1.37 bits per heavy atom. The van der Waals surface area contributed by atoms with Gasteiger partial charge < -0.3 is 10.6 Å². The first-order valence-corrected chi connectivity index (χ1v) is 6.89. The predicted octanol–water partition coefficient (Wildman–Crippen LogP) is 3.07. The quantitative estimate of drug-likeness (QED) is 0.854. The first-order valence-electron chi connectivity index (χ1n) is 6.89. The van der Waals surface area contributed by atoms with Crippen LogP contribution in [-0.2, 0) is 0 Å². The largest absolute Gasteiger partial charge is 0.370 e. The van der Waals surface area contributed by atoms with Gasteiger partial charge in [-0.2, -0.15) is 5.26 Å². The first-order chi connectivity index (χ1) is 8.93. The fraction of sp³-hybridized carbons (Fsp3) is 0.562. The molecule has 0 saturated carbocycles. The zero-order valence-corrected chi connectivity index (χ0v) is 12.5. The molecule has 0 unspecified atom stereocenters. The first kappa shape index (κ1) is 15.5. The highest BCUT2D eigenvalue weighted by atomic mass is 15.1. The molecule has 0 saturated heterocycles. The summed E-state index contributed by atoms with van der Waals surface area (Å²) in [6.45, 7) is 11.0. The van der Waals surface area contributed by atoms with Gasteiger partial charge in [-0.3, -0.25) is 0 Å². The summed E-state index contributed by atoms with van der Waals surface area (Å²) < 4.78 is 0. The Bertz CT molecular complexity index is 458. The van der Waals surface area contributed by atoms with Crippen LogP contribution in [0.5, 0.6) is 0 Å².